The minimum Gasteiger partial charge on any atom is -0.275 e. The molecule has 6 nitrogen and oxygen atoms in total. The van der Waals surface area contributed by atoms with Gasteiger partial charge in [-0.05, 0) is 49.4 Å². The Morgan fingerprint density at radius 1 is 0.971 bits per heavy atom. The van der Waals surface area contributed by atoms with E-state index in [-0.39, 0.29) is 5.56 Å². The van der Waals surface area contributed by atoms with Gasteiger partial charge in [0.1, 0.15) is 0 Å². The number of aromatic nitrogens is 3. The number of nitrogens with zero attached hydrogens (tertiary/aromatic N) is 5. The quantitative estimate of drug-likeness (QED) is 0.259. The lowest BCUT2D eigenvalue weighted by atomic mass is 9.99. The Hall–Kier alpha value is -4.71. The molecule has 3 aromatic heterocycles. The normalized spacial score (nSPS) is 12.6. The summed E-state index contributed by atoms with van der Waals surface area (Å²) in [5.41, 5.74) is 4.97. The summed E-state index contributed by atoms with van der Waals surface area (Å²) in [5, 5.41) is 4.53. The van der Waals surface area contributed by atoms with E-state index >= 15 is 0 Å². The number of aliphatic imine (C=N–C) groups is 2. The van der Waals surface area contributed by atoms with Crippen LogP contribution in [0.1, 0.15) is 12.5 Å². The summed E-state index contributed by atoms with van der Waals surface area (Å²) in [4.78, 5) is 30.7. The Balaban J connectivity index is 1.82. The fourth-order valence-corrected chi connectivity index (χ4v) is 4.70. The molecular formula is C28H19N5O. The lowest BCUT2D eigenvalue weighted by Gasteiger charge is -2.08. The minimum absolute atomic E-state index is 0.0312. The van der Waals surface area contributed by atoms with Crippen LogP contribution < -0.4 is 5.56 Å². The molecule has 0 aliphatic rings. The average Bonchev–Trinajstić information content (AvgIpc) is 3.22. The number of hydrogen-bond acceptors (Lipinski definition) is 5. The largest absolute Gasteiger partial charge is 0.275 e. The van der Waals surface area contributed by atoms with Crippen LogP contribution in [0.3, 0.4) is 0 Å². The molecule has 0 saturated carbocycles. The SMILES string of the molecule is C=N/C(=C\N=CC)c1ccc2c(c1)c1cc(-c3cnccn3)cc3c4ccccc4c(=O)n2c31. The summed E-state index contributed by atoms with van der Waals surface area (Å²) >= 11 is 0. The highest BCUT2D eigenvalue weighted by Crippen LogP contribution is 2.38. The van der Waals surface area contributed by atoms with Crippen molar-refractivity contribution >= 4 is 56.6 Å². The molecule has 0 spiro atoms. The van der Waals surface area contributed by atoms with Gasteiger partial charge in [0, 0.05) is 51.3 Å². The summed E-state index contributed by atoms with van der Waals surface area (Å²) in [5.74, 6) is 0. The highest BCUT2D eigenvalue weighted by molar-refractivity contribution is 6.21. The van der Waals surface area contributed by atoms with Crippen LogP contribution >= 0.6 is 0 Å². The van der Waals surface area contributed by atoms with Crippen LogP contribution in [0.2, 0.25) is 0 Å². The molecule has 6 rings (SSSR count). The highest BCUT2D eigenvalue weighted by Gasteiger charge is 2.19. The van der Waals surface area contributed by atoms with Crippen LogP contribution in [0.25, 0.3) is 54.9 Å². The second-order valence-electron chi connectivity index (χ2n) is 8.01. The Labute approximate surface area is 194 Å². The van der Waals surface area contributed by atoms with Gasteiger partial charge >= 0.3 is 0 Å². The molecule has 162 valence electrons. The van der Waals surface area contributed by atoms with E-state index < -0.39 is 0 Å². The Bertz CT molecular complexity index is 1850. The van der Waals surface area contributed by atoms with Crippen molar-refractivity contribution in [3.63, 3.8) is 0 Å². The topological polar surface area (TPSA) is 72.0 Å². The fourth-order valence-electron chi connectivity index (χ4n) is 4.70. The Morgan fingerprint density at radius 2 is 1.76 bits per heavy atom. The standard InChI is InChI=1S/C28H19N5O/c1-3-30-15-24(29-2)17-8-9-26-21(12-17)23-14-18(25-16-31-10-11-32-25)13-22-19-6-4-5-7-20(19)28(34)33(26)27(22)23/h3-16H,2H2,1H3/b24-15-,30-3?. The molecule has 3 aromatic carbocycles. The van der Waals surface area contributed by atoms with E-state index in [1.165, 1.54) is 0 Å². The van der Waals surface area contributed by atoms with Crippen molar-refractivity contribution in [3.8, 4) is 11.3 Å². The summed E-state index contributed by atoms with van der Waals surface area (Å²) in [6.07, 6.45) is 8.48. The van der Waals surface area contributed by atoms with Gasteiger partial charge in [-0.15, -0.1) is 0 Å². The molecule has 6 aromatic rings. The summed E-state index contributed by atoms with van der Waals surface area (Å²) < 4.78 is 1.82. The summed E-state index contributed by atoms with van der Waals surface area (Å²) in [6, 6.07) is 17.9. The van der Waals surface area contributed by atoms with Crippen LogP contribution in [0.5, 0.6) is 0 Å². The lowest BCUT2D eigenvalue weighted by molar-refractivity contribution is 1.20. The molecule has 0 aliphatic carbocycles. The van der Waals surface area contributed by atoms with Gasteiger partial charge in [-0.25, -0.2) is 0 Å². The van der Waals surface area contributed by atoms with Crippen molar-refractivity contribution in [2.75, 3.05) is 0 Å². The first-order chi connectivity index (χ1) is 16.7. The zero-order valence-electron chi connectivity index (χ0n) is 18.4. The zero-order valence-corrected chi connectivity index (χ0v) is 18.4. The van der Waals surface area contributed by atoms with Crippen LogP contribution in [-0.2, 0) is 0 Å². The van der Waals surface area contributed by atoms with Gasteiger partial charge in [-0.3, -0.25) is 29.1 Å². The van der Waals surface area contributed by atoms with E-state index in [4.69, 9.17) is 0 Å². The van der Waals surface area contributed by atoms with E-state index in [0.717, 1.165) is 49.4 Å². The molecule has 0 N–H and O–H groups in total. The van der Waals surface area contributed by atoms with Crippen molar-refractivity contribution in [2.45, 2.75) is 6.92 Å². The molecular weight excluding hydrogens is 422 g/mol. The number of rotatable bonds is 4. The van der Waals surface area contributed by atoms with E-state index in [9.17, 15) is 4.79 Å². The van der Waals surface area contributed by atoms with Crippen LogP contribution in [0, 0.1) is 0 Å². The van der Waals surface area contributed by atoms with E-state index in [1.807, 2.05) is 53.8 Å². The van der Waals surface area contributed by atoms with Gasteiger partial charge in [-0.2, -0.15) is 0 Å². The number of pyridine rings is 1. The Kier molecular flexibility index (Phi) is 4.52. The maximum Gasteiger partial charge on any atom is 0.263 e. The van der Waals surface area contributed by atoms with Crippen LogP contribution in [0.15, 0.2) is 94.2 Å². The lowest BCUT2D eigenvalue weighted by Crippen LogP contribution is -2.12. The van der Waals surface area contributed by atoms with Gasteiger partial charge in [0.2, 0.25) is 0 Å². The van der Waals surface area contributed by atoms with Gasteiger partial charge < -0.3 is 0 Å². The molecule has 0 atom stereocenters. The third-order valence-corrected chi connectivity index (χ3v) is 6.18. The molecule has 0 unspecified atom stereocenters. The summed E-state index contributed by atoms with van der Waals surface area (Å²) in [6.45, 7) is 5.55. The van der Waals surface area contributed by atoms with Gasteiger partial charge in [0.25, 0.3) is 5.56 Å². The van der Waals surface area contributed by atoms with Crippen LogP contribution in [0.4, 0.5) is 0 Å². The second-order valence-corrected chi connectivity index (χ2v) is 8.01. The number of fused-ring (bicyclic) bond motifs is 5. The van der Waals surface area contributed by atoms with Crippen molar-refractivity contribution in [2.24, 2.45) is 9.98 Å². The van der Waals surface area contributed by atoms with E-state index in [0.29, 0.717) is 11.1 Å². The van der Waals surface area contributed by atoms with Crippen molar-refractivity contribution < 1.29 is 0 Å². The molecule has 6 heteroatoms. The molecule has 34 heavy (non-hydrogen) atoms. The first-order valence-electron chi connectivity index (χ1n) is 10.9. The van der Waals surface area contributed by atoms with E-state index in [2.05, 4.69) is 38.8 Å². The fraction of sp³-hybridized carbons (Fsp3) is 0.0357. The number of hydrogen-bond donors (Lipinski definition) is 0. The van der Waals surface area contributed by atoms with Crippen molar-refractivity contribution in [3.05, 3.63) is 95.3 Å². The summed E-state index contributed by atoms with van der Waals surface area (Å²) in [7, 11) is 0. The third-order valence-electron chi connectivity index (χ3n) is 6.18. The molecule has 0 aliphatic heterocycles. The van der Waals surface area contributed by atoms with Crippen molar-refractivity contribution in [1.29, 1.82) is 0 Å². The maximum atomic E-state index is 13.6. The molecule has 0 saturated heterocycles. The molecule has 0 fully saturated rings. The van der Waals surface area contributed by atoms with Gasteiger partial charge in [-0.1, -0.05) is 24.3 Å². The number of benzene rings is 3. The monoisotopic (exact) mass is 441 g/mol. The highest BCUT2D eigenvalue weighted by atomic mass is 16.1. The van der Waals surface area contributed by atoms with E-state index in [1.54, 1.807) is 31.0 Å². The first-order valence-corrected chi connectivity index (χ1v) is 10.9. The van der Waals surface area contributed by atoms with Gasteiger partial charge in [0.05, 0.1) is 34.8 Å². The van der Waals surface area contributed by atoms with Crippen LogP contribution in [-0.4, -0.2) is 27.3 Å². The maximum absolute atomic E-state index is 13.6. The smallest absolute Gasteiger partial charge is 0.263 e. The molecule has 0 bridgehead atoms. The van der Waals surface area contributed by atoms with Crippen molar-refractivity contribution in [1.82, 2.24) is 14.4 Å². The second kappa shape index (κ2) is 7.71. The molecule has 0 radical (unpaired) electrons. The Morgan fingerprint density at radius 3 is 2.50 bits per heavy atom. The predicted molar refractivity (Wildman–Crippen MR) is 140 cm³/mol. The average molecular weight is 441 g/mol. The first kappa shape index (κ1) is 19.9. The molecule has 3 heterocycles. The van der Waals surface area contributed by atoms with Gasteiger partial charge in [0.15, 0.2) is 0 Å². The minimum atomic E-state index is -0.0312. The zero-order chi connectivity index (χ0) is 23.2. The molecule has 0 amide bonds. The predicted octanol–water partition coefficient (Wildman–Crippen LogP) is 5.74. The third kappa shape index (κ3) is 2.85.